The molecule has 0 atom stereocenters. The molecule has 0 bridgehead atoms. The zero-order valence-corrected chi connectivity index (χ0v) is 5.32. The zero-order valence-electron chi connectivity index (χ0n) is 5.32. The second kappa shape index (κ2) is 3.12. The lowest BCUT2D eigenvalue weighted by atomic mass is 10.6. The minimum atomic E-state index is 0.0938. The van der Waals surface area contributed by atoms with Gasteiger partial charge in [0.05, 0.1) is 20.1 Å². The summed E-state index contributed by atoms with van der Waals surface area (Å²) in [7, 11) is 0. The molecule has 4 nitrogen and oxygen atoms in total. The predicted molar refractivity (Wildman–Crippen MR) is 32.5 cm³/mol. The third kappa shape index (κ3) is 1.62. The van der Waals surface area contributed by atoms with Crippen LogP contribution < -0.4 is 0 Å². The van der Waals surface area contributed by atoms with Gasteiger partial charge in [-0.1, -0.05) is 0 Å². The van der Waals surface area contributed by atoms with Crippen LogP contribution in [0.5, 0.6) is 0 Å². The number of aliphatic hydroxyl groups is 2. The summed E-state index contributed by atoms with van der Waals surface area (Å²) < 4.78 is 0. The van der Waals surface area contributed by atoms with E-state index in [4.69, 9.17) is 10.2 Å². The molecule has 1 rings (SSSR count). The van der Waals surface area contributed by atoms with E-state index >= 15 is 0 Å². The molecule has 54 valence electrons. The van der Waals surface area contributed by atoms with Crippen molar-refractivity contribution in [3.8, 4) is 0 Å². The third-order valence-corrected chi connectivity index (χ3v) is 1.53. The normalized spacial score (nSPS) is 23.3. The van der Waals surface area contributed by atoms with Crippen LogP contribution in [0.4, 0.5) is 0 Å². The van der Waals surface area contributed by atoms with Crippen LogP contribution in [-0.4, -0.2) is 53.2 Å². The minimum Gasteiger partial charge on any atom is -0.381 e. The average molecular weight is 132 g/mol. The van der Waals surface area contributed by atoms with Gasteiger partial charge in [0.15, 0.2) is 0 Å². The van der Waals surface area contributed by atoms with Crippen molar-refractivity contribution >= 4 is 0 Å². The van der Waals surface area contributed by atoms with Gasteiger partial charge < -0.3 is 10.2 Å². The quantitative estimate of drug-likeness (QED) is 0.478. The van der Waals surface area contributed by atoms with Gasteiger partial charge in [0, 0.05) is 13.1 Å². The van der Waals surface area contributed by atoms with Crippen LogP contribution in [0.3, 0.4) is 0 Å². The Morgan fingerprint density at radius 3 is 1.67 bits per heavy atom. The summed E-state index contributed by atoms with van der Waals surface area (Å²) in [5.41, 5.74) is 0. The molecule has 0 aromatic rings. The minimum absolute atomic E-state index is 0.0938. The molecule has 0 saturated carbocycles. The van der Waals surface area contributed by atoms with E-state index in [0.29, 0.717) is 6.67 Å². The van der Waals surface area contributed by atoms with Crippen LogP contribution in [0.15, 0.2) is 0 Å². The van der Waals surface area contributed by atoms with Crippen LogP contribution in [0.25, 0.3) is 0 Å². The lowest BCUT2D eigenvalue weighted by Crippen LogP contribution is -2.26. The summed E-state index contributed by atoms with van der Waals surface area (Å²) in [6.07, 6.45) is 0. The fourth-order valence-electron chi connectivity index (χ4n) is 0.938. The highest BCUT2D eigenvalue weighted by Gasteiger charge is 2.16. The SMILES string of the molecule is OCN1CCN(CO)C1. The van der Waals surface area contributed by atoms with Crippen LogP contribution in [0.2, 0.25) is 0 Å². The maximum absolute atomic E-state index is 8.60. The lowest BCUT2D eigenvalue weighted by molar-refractivity contribution is 0.0761. The molecule has 0 amide bonds. The van der Waals surface area contributed by atoms with Crippen molar-refractivity contribution in [2.24, 2.45) is 0 Å². The fraction of sp³-hybridized carbons (Fsp3) is 1.00. The first-order valence-corrected chi connectivity index (χ1v) is 3.03. The van der Waals surface area contributed by atoms with E-state index in [0.717, 1.165) is 13.1 Å². The Morgan fingerprint density at radius 1 is 1.00 bits per heavy atom. The molecule has 4 heteroatoms. The third-order valence-electron chi connectivity index (χ3n) is 1.53. The summed E-state index contributed by atoms with van der Waals surface area (Å²) in [5.74, 6) is 0. The van der Waals surface area contributed by atoms with Gasteiger partial charge in [-0.2, -0.15) is 0 Å². The second-order valence-electron chi connectivity index (χ2n) is 2.21. The molecule has 1 aliphatic rings. The van der Waals surface area contributed by atoms with Crippen LogP contribution in [0, 0.1) is 0 Å². The van der Waals surface area contributed by atoms with Crippen LogP contribution in [-0.2, 0) is 0 Å². The molecule has 1 heterocycles. The van der Waals surface area contributed by atoms with Crippen LogP contribution in [0.1, 0.15) is 0 Å². The molecule has 1 aliphatic heterocycles. The lowest BCUT2D eigenvalue weighted by Gasteiger charge is -2.12. The van der Waals surface area contributed by atoms with E-state index < -0.39 is 0 Å². The van der Waals surface area contributed by atoms with Gasteiger partial charge in [0.2, 0.25) is 0 Å². The highest BCUT2D eigenvalue weighted by molar-refractivity contribution is 4.64. The van der Waals surface area contributed by atoms with E-state index in [1.54, 1.807) is 0 Å². The number of nitrogens with zero attached hydrogens (tertiary/aromatic N) is 2. The zero-order chi connectivity index (χ0) is 6.69. The fourth-order valence-corrected chi connectivity index (χ4v) is 0.938. The topological polar surface area (TPSA) is 46.9 Å². The molecule has 1 fully saturated rings. The summed E-state index contributed by atoms with van der Waals surface area (Å²) in [5, 5.41) is 17.2. The summed E-state index contributed by atoms with van der Waals surface area (Å²) in [6, 6.07) is 0. The van der Waals surface area contributed by atoms with Crippen molar-refractivity contribution < 1.29 is 10.2 Å². The standard InChI is InChI=1S/C5H12N2O2/c8-4-6-1-2-7(3-6)5-9/h8-9H,1-5H2. The monoisotopic (exact) mass is 132 g/mol. The number of aliphatic hydroxyl groups excluding tert-OH is 2. The molecular weight excluding hydrogens is 120 g/mol. The van der Waals surface area contributed by atoms with Crippen molar-refractivity contribution in [3.63, 3.8) is 0 Å². The second-order valence-corrected chi connectivity index (χ2v) is 2.21. The molecule has 9 heavy (non-hydrogen) atoms. The Balaban J connectivity index is 2.20. The molecule has 1 saturated heterocycles. The van der Waals surface area contributed by atoms with Gasteiger partial charge >= 0.3 is 0 Å². The smallest absolute Gasteiger partial charge is 0.0967 e. The Morgan fingerprint density at radius 2 is 1.44 bits per heavy atom. The maximum Gasteiger partial charge on any atom is 0.0967 e. The Hall–Kier alpha value is -0.160. The highest BCUT2D eigenvalue weighted by Crippen LogP contribution is 2.00. The molecule has 2 N–H and O–H groups in total. The van der Waals surface area contributed by atoms with Crippen LogP contribution >= 0.6 is 0 Å². The molecule has 0 aromatic carbocycles. The largest absolute Gasteiger partial charge is 0.381 e. The van der Waals surface area contributed by atoms with Gasteiger partial charge in [0.25, 0.3) is 0 Å². The van der Waals surface area contributed by atoms with E-state index in [1.807, 2.05) is 9.80 Å². The van der Waals surface area contributed by atoms with E-state index in [2.05, 4.69) is 0 Å². The van der Waals surface area contributed by atoms with Crippen molar-refractivity contribution in [2.45, 2.75) is 0 Å². The van der Waals surface area contributed by atoms with Crippen molar-refractivity contribution in [1.82, 2.24) is 9.80 Å². The maximum atomic E-state index is 8.60. The summed E-state index contributed by atoms with van der Waals surface area (Å²) >= 11 is 0. The molecule has 0 radical (unpaired) electrons. The summed E-state index contributed by atoms with van der Waals surface area (Å²) in [4.78, 5) is 3.71. The van der Waals surface area contributed by atoms with Gasteiger partial charge in [-0.05, 0) is 0 Å². The highest BCUT2D eigenvalue weighted by atomic mass is 16.3. The van der Waals surface area contributed by atoms with Gasteiger partial charge in [0.1, 0.15) is 0 Å². The number of rotatable bonds is 2. The molecule has 0 spiro atoms. The van der Waals surface area contributed by atoms with E-state index in [1.165, 1.54) is 0 Å². The van der Waals surface area contributed by atoms with Crippen molar-refractivity contribution in [2.75, 3.05) is 33.2 Å². The molecule has 0 unspecified atom stereocenters. The Labute approximate surface area is 54.3 Å². The molecule has 0 aliphatic carbocycles. The molecular formula is C5H12N2O2. The molecule has 0 aromatic heterocycles. The van der Waals surface area contributed by atoms with Gasteiger partial charge in [-0.25, -0.2) is 0 Å². The summed E-state index contributed by atoms with van der Waals surface area (Å²) in [6.45, 7) is 2.59. The average Bonchev–Trinajstić information content (AvgIpc) is 2.34. The Bertz CT molecular complexity index is 79.0. The number of hydrogen-bond donors (Lipinski definition) is 2. The van der Waals surface area contributed by atoms with Crippen molar-refractivity contribution in [3.05, 3.63) is 0 Å². The first-order valence-electron chi connectivity index (χ1n) is 3.03. The predicted octanol–water partition coefficient (Wildman–Crippen LogP) is -1.54. The van der Waals surface area contributed by atoms with E-state index in [9.17, 15) is 0 Å². The first-order chi connectivity index (χ1) is 4.36. The first kappa shape index (κ1) is 6.95. The van der Waals surface area contributed by atoms with Gasteiger partial charge in [-0.15, -0.1) is 0 Å². The van der Waals surface area contributed by atoms with E-state index in [-0.39, 0.29) is 13.5 Å². The number of hydrogen-bond acceptors (Lipinski definition) is 4. The van der Waals surface area contributed by atoms with Gasteiger partial charge in [-0.3, -0.25) is 9.80 Å². The van der Waals surface area contributed by atoms with Crippen molar-refractivity contribution in [1.29, 1.82) is 0 Å². The Kier molecular flexibility index (Phi) is 2.41.